The Kier molecular flexibility index (Phi) is 8.37. The summed E-state index contributed by atoms with van der Waals surface area (Å²) in [5.41, 5.74) is -0.334. The maximum atomic E-state index is 11.7. The zero-order valence-corrected chi connectivity index (χ0v) is 12.3. The van der Waals surface area contributed by atoms with E-state index < -0.39 is 10.0 Å². The van der Waals surface area contributed by atoms with Gasteiger partial charge in [0.05, 0.1) is 5.75 Å². The van der Waals surface area contributed by atoms with Crippen LogP contribution in [0.1, 0.15) is 39.5 Å². The molecule has 0 aromatic rings. The number of rotatable bonds is 10. The number of sulfonamides is 1. The number of hydrogen-bond acceptors (Lipinski definition) is 3. The Labute approximate surface area is 110 Å². The lowest BCUT2D eigenvalue weighted by Gasteiger charge is -2.29. The maximum Gasteiger partial charge on any atom is 0.211 e. The molecule has 17 heavy (non-hydrogen) atoms. The van der Waals surface area contributed by atoms with Crippen LogP contribution in [0.4, 0.5) is 0 Å². The second kappa shape index (κ2) is 8.29. The Morgan fingerprint density at radius 2 is 1.82 bits per heavy atom. The van der Waals surface area contributed by atoms with Gasteiger partial charge in [0.15, 0.2) is 0 Å². The third-order valence-electron chi connectivity index (χ3n) is 3.30. The zero-order valence-electron chi connectivity index (χ0n) is 10.7. The number of aliphatic hydroxyl groups is 1. The summed E-state index contributed by atoms with van der Waals surface area (Å²) in [5, 5.41) is 9.34. The van der Waals surface area contributed by atoms with Crippen molar-refractivity contribution in [2.24, 2.45) is 5.41 Å². The molecule has 104 valence electrons. The lowest BCUT2D eigenvalue weighted by molar-refractivity contribution is 0.119. The molecule has 0 unspecified atom stereocenters. The second-order valence-electron chi connectivity index (χ2n) is 4.40. The summed E-state index contributed by atoms with van der Waals surface area (Å²) in [5.74, 6) is 0.592. The molecule has 0 saturated carbocycles. The van der Waals surface area contributed by atoms with Gasteiger partial charge in [-0.2, -0.15) is 0 Å². The van der Waals surface area contributed by atoms with Crippen molar-refractivity contribution >= 4 is 21.6 Å². The first kappa shape index (κ1) is 17.2. The first-order chi connectivity index (χ1) is 7.95. The summed E-state index contributed by atoms with van der Waals surface area (Å²) < 4.78 is 25.9. The van der Waals surface area contributed by atoms with Gasteiger partial charge >= 0.3 is 0 Å². The number of aliphatic hydroxyl groups excluding tert-OH is 1. The SMILES string of the molecule is CCC(CC)(CO)CNS(=O)(=O)CCCCCl. The lowest BCUT2D eigenvalue weighted by Crippen LogP contribution is -2.40. The molecule has 0 aromatic carbocycles. The number of hydrogen-bond donors (Lipinski definition) is 2. The molecule has 0 atom stereocenters. The minimum absolute atomic E-state index is 0.00417. The molecule has 0 radical (unpaired) electrons. The van der Waals surface area contributed by atoms with Gasteiger partial charge < -0.3 is 5.11 Å². The van der Waals surface area contributed by atoms with E-state index in [0.717, 1.165) is 12.8 Å². The van der Waals surface area contributed by atoms with E-state index in [9.17, 15) is 13.5 Å². The third-order valence-corrected chi connectivity index (χ3v) is 4.98. The van der Waals surface area contributed by atoms with Gasteiger partial charge in [-0.05, 0) is 25.7 Å². The van der Waals surface area contributed by atoms with Gasteiger partial charge in [-0.15, -0.1) is 11.6 Å². The molecule has 0 rings (SSSR count). The molecule has 0 spiro atoms. The van der Waals surface area contributed by atoms with E-state index in [1.165, 1.54) is 0 Å². The van der Waals surface area contributed by atoms with E-state index in [0.29, 0.717) is 25.3 Å². The molecule has 6 heteroatoms. The normalized spacial score (nSPS) is 12.9. The summed E-state index contributed by atoms with van der Waals surface area (Å²) in [6.45, 7) is 4.23. The highest BCUT2D eigenvalue weighted by atomic mass is 35.5. The van der Waals surface area contributed by atoms with Gasteiger partial charge in [0.1, 0.15) is 0 Å². The van der Waals surface area contributed by atoms with Crippen molar-refractivity contribution in [3.8, 4) is 0 Å². The van der Waals surface area contributed by atoms with Crippen molar-refractivity contribution < 1.29 is 13.5 Å². The highest BCUT2D eigenvalue weighted by Crippen LogP contribution is 2.24. The quantitative estimate of drug-likeness (QED) is 0.474. The van der Waals surface area contributed by atoms with Crippen LogP contribution in [0.3, 0.4) is 0 Å². The number of nitrogens with one attached hydrogen (secondary N) is 1. The molecule has 0 heterocycles. The smallest absolute Gasteiger partial charge is 0.211 e. The predicted molar refractivity (Wildman–Crippen MR) is 71.8 cm³/mol. The zero-order chi connectivity index (χ0) is 13.4. The summed E-state index contributed by atoms with van der Waals surface area (Å²) >= 11 is 5.50. The summed E-state index contributed by atoms with van der Waals surface area (Å²) in [4.78, 5) is 0. The molecule has 0 aromatic heterocycles. The van der Waals surface area contributed by atoms with Crippen molar-refractivity contribution in [1.29, 1.82) is 0 Å². The van der Waals surface area contributed by atoms with Gasteiger partial charge in [0.25, 0.3) is 0 Å². The van der Waals surface area contributed by atoms with E-state index in [4.69, 9.17) is 11.6 Å². The summed E-state index contributed by atoms with van der Waals surface area (Å²) in [6, 6.07) is 0. The lowest BCUT2D eigenvalue weighted by atomic mass is 9.84. The van der Waals surface area contributed by atoms with Crippen molar-refractivity contribution in [3.05, 3.63) is 0 Å². The molecular weight excluding hydrogens is 262 g/mol. The molecule has 2 N–H and O–H groups in total. The fraction of sp³-hybridized carbons (Fsp3) is 1.00. The summed E-state index contributed by atoms with van der Waals surface area (Å²) in [7, 11) is -3.24. The third kappa shape index (κ3) is 6.60. The summed E-state index contributed by atoms with van der Waals surface area (Å²) in [6.07, 6.45) is 2.78. The number of unbranched alkanes of at least 4 members (excludes halogenated alkanes) is 1. The van der Waals surface area contributed by atoms with Crippen molar-refractivity contribution in [2.75, 3.05) is 24.8 Å². The minimum Gasteiger partial charge on any atom is -0.396 e. The Morgan fingerprint density at radius 1 is 1.24 bits per heavy atom. The Morgan fingerprint density at radius 3 is 2.24 bits per heavy atom. The van der Waals surface area contributed by atoms with Crippen LogP contribution in [0.25, 0.3) is 0 Å². The highest BCUT2D eigenvalue weighted by molar-refractivity contribution is 7.89. The molecule has 0 aliphatic carbocycles. The van der Waals surface area contributed by atoms with E-state index >= 15 is 0 Å². The molecule has 0 fully saturated rings. The average molecular weight is 286 g/mol. The van der Waals surface area contributed by atoms with Crippen molar-refractivity contribution in [3.63, 3.8) is 0 Å². The molecule has 4 nitrogen and oxygen atoms in total. The fourth-order valence-corrected chi connectivity index (χ4v) is 2.94. The van der Waals surface area contributed by atoms with Gasteiger partial charge in [-0.1, -0.05) is 13.8 Å². The molecule has 0 bridgehead atoms. The number of halogens is 1. The molecule has 0 saturated heterocycles. The second-order valence-corrected chi connectivity index (χ2v) is 6.71. The van der Waals surface area contributed by atoms with Crippen molar-refractivity contribution in [1.82, 2.24) is 4.72 Å². The standard InChI is InChI=1S/C11H24ClNO3S/c1-3-11(4-2,10-14)9-13-17(15,16)8-6-5-7-12/h13-14H,3-10H2,1-2H3. The topological polar surface area (TPSA) is 66.4 Å². The number of alkyl halides is 1. The Bertz CT molecular complexity index is 281. The first-order valence-electron chi connectivity index (χ1n) is 6.09. The van der Waals surface area contributed by atoms with Crippen LogP contribution in [0.15, 0.2) is 0 Å². The van der Waals surface area contributed by atoms with Crippen LogP contribution in [0, 0.1) is 5.41 Å². The predicted octanol–water partition coefficient (Wildman–Crippen LogP) is 1.72. The van der Waals surface area contributed by atoms with Gasteiger partial charge in [-0.25, -0.2) is 13.1 Å². The van der Waals surface area contributed by atoms with Gasteiger partial charge in [0.2, 0.25) is 10.0 Å². The largest absolute Gasteiger partial charge is 0.396 e. The van der Waals surface area contributed by atoms with Crippen LogP contribution in [-0.2, 0) is 10.0 Å². The van der Waals surface area contributed by atoms with E-state index in [2.05, 4.69) is 4.72 Å². The highest BCUT2D eigenvalue weighted by Gasteiger charge is 2.26. The fourth-order valence-electron chi connectivity index (χ4n) is 1.50. The van der Waals surface area contributed by atoms with Crippen LogP contribution in [-0.4, -0.2) is 38.3 Å². The van der Waals surface area contributed by atoms with Crippen molar-refractivity contribution in [2.45, 2.75) is 39.5 Å². The van der Waals surface area contributed by atoms with Crippen LogP contribution in [0.5, 0.6) is 0 Å². The van der Waals surface area contributed by atoms with E-state index in [1.54, 1.807) is 0 Å². The Balaban J connectivity index is 4.24. The van der Waals surface area contributed by atoms with E-state index in [-0.39, 0.29) is 17.8 Å². The van der Waals surface area contributed by atoms with Crippen LogP contribution < -0.4 is 4.72 Å². The molecular formula is C11H24ClNO3S. The average Bonchev–Trinajstić information content (AvgIpc) is 2.32. The van der Waals surface area contributed by atoms with Gasteiger partial charge in [0, 0.05) is 24.4 Å². The first-order valence-corrected chi connectivity index (χ1v) is 8.28. The molecule has 0 aliphatic rings. The van der Waals surface area contributed by atoms with Crippen LogP contribution >= 0.6 is 11.6 Å². The minimum atomic E-state index is -3.24. The Hall–Kier alpha value is 0.160. The van der Waals surface area contributed by atoms with Crippen LogP contribution in [0.2, 0.25) is 0 Å². The molecule has 0 aliphatic heterocycles. The maximum absolute atomic E-state index is 11.7. The monoisotopic (exact) mass is 285 g/mol. The molecule has 0 amide bonds. The van der Waals surface area contributed by atoms with Gasteiger partial charge in [-0.3, -0.25) is 0 Å². The van der Waals surface area contributed by atoms with E-state index in [1.807, 2.05) is 13.8 Å².